The highest BCUT2D eigenvalue weighted by Gasteiger charge is 2.31. The van der Waals surface area contributed by atoms with E-state index < -0.39 is 44.8 Å². The lowest BCUT2D eigenvalue weighted by Gasteiger charge is -2.20. The number of oxime groups is 1. The molecule has 0 heterocycles. The van der Waals surface area contributed by atoms with Crippen molar-refractivity contribution in [3.05, 3.63) is 29.6 Å². The van der Waals surface area contributed by atoms with Gasteiger partial charge in [-0.2, -0.15) is 4.31 Å². The monoisotopic (exact) mass is 311 g/mol. The molecule has 1 rings (SSSR count). The van der Waals surface area contributed by atoms with Crippen molar-refractivity contribution >= 4 is 15.9 Å². The predicted molar refractivity (Wildman–Crippen MR) is 64.2 cm³/mol. The summed E-state index contributed by atoms with van der Waals surface area (Å²) in [7, 11) is -4.59. The van der Waals surface area contributed by atoms with Crippen molar-refractivity contribution in [1.82, 2.24) is 4.31 Å². The van der Waals surface area contributed by atoms with Gasteiger partial charge in [-0.05, 0) is 0 Å². The molecule has 112 valence electrons. The topological polar surface area (TPSA) is 96.0 Å². The SMILES string of the molecule is CCN(CC(N)=NO)S(=O)(=O)c1c(F)cc(F)cc1F. The van der Waals surface area contributed by atoms with Crippen molar-refractivity contribution in [1.29, 1.82) is 0 Å². The number of rotatable bonds is 5. The summed E-state index contributed by atoms with van der Waals surface area (Å²) in [6, 6.07) is 0.514. The van der Waals surface area contributed by atoms with Gasteiger partial charge in [-0.15, -0.1) is 0 Å². The summed E-state index contributed by atoms with van der Waals surface area (Å²) in [5.41, 5.74) is 5.17. The first-order valence-electron chi connectivity index (χ1n) is 5.35. The second-order valence-corrected chi connectivity index (χ2v) is 5.60. The number of halogens is 3. The molecule has 0 spiro atoms. The number of sulfonamides is 1. The van der Waals surface area contributed by atoms with E-state index in [4.69, 9.17) is 10.9 Å². The third-order valence-corrected chi connectivity index (χ3v) is 4.35. The highest BCUT2D eigenvalue weighted by atomic mass is 32.2. The van der Waals surface area contributed by atoms with E-state index in [-0.39, 0.29) is 18.7 Å². The fourth-order valence-corrected chi connectivity index (χ4v) is 2.99. The van der Waals surface area contributed by atoms with Gasteiger partial charge in [0.2, 0.25) is 10.0 Å². The zero-order valence-corrected chi connectivity index (χ0v) is 11.2. The molecule has 0 radical (unpaired) electrons. The van der Waals surface area contributed by atoms with Gasteiger partial charge < -0.3 is 10.9 Å². The van der Waals surface area contributed by atoms with Gasteiger partial charge in [0.05, 0.1) is 6.54 Å². The third kappa shape index (κ3) is 3.20. The molecule has 10 heteroatoms. The molecule has 0 aliphatic carbocycles. The molecule has 1 aromatic carbocycles. The maximum Gasteiger partial charge on any atom is 0.249 e. The number of hydrogen-bond acceptors (Lipinski definition) is 4. The molecule has 0 aromatic heterocycles. The second kappa shape index (κ2) is 6.09. The van der Waals surface area contributed by atoms with Gasteiger partial charge in [0.25, 0.3) is 0 Å². The molecule has 1 aromatic rings. The fourth-order valence-electron chi connectivity index (χ4n) is 1.48. The summed E-state index contributed by atoms with van der Waals surface area (Å²) >= 11 is 0. The van der Waals surface area contributed by atoms with E-state index >= 15 is 0 Å². The molecule has 0 unspecified atom stereocenters. The summed E-state index contributed by atoms with van der Waals surface area (Å²) in [6.45, 7) is 0.641. The molecule has 0 aliphatic heterocycles. The van der Waals surface area contributed by atoms with Crippen LogP contribution in [-0.2, 0) is 10.0 Å². The molecule has 6 nitrogen and oxygen atoms in total. The van der Waals surface area contributed by atoms with E-state index in [0.29, 0.717) is 4.31 Å². The Morgan fingerprint density at radius 3 is 2.25 bits per heavy atom. The largest absolute Gasteiger partial charge is 0.409 e. The molecule has 20 heavy (non-hydrogen) atoms. The Labute approximate surface area is 113 Å². The van der Waals surface area contributed by atoms with Crippen LogP contribution >= 0.6 is 0 Å². The Kier molecular flexibility index (Phi) is 4.95. The number of amidine groups is 1. The number of benzene rings is 1. The summed E-state index contributed by atoms with van der Waals surface area (Å²) in [5.74, 6) is -4.81. The van der Waals surface area contributed by atoms with E-state index in [1.54, 1.807) is 0 Å². The predicted octanol–water partition coefficient (Wildman–Crippen LogP) is 0.861. The van der Waals surface area contributed by atoms with Crippen LogP contribution in [0, 0.1) is 17.5 Å². The zero-order valence-electron chi connectivity index (χ0n) is 10.3. The number of hydrogen-bond donors (Lipinski definition) is 2. The molecule has 0 saturated carbocycles. The molecule has 0 amide bonds. The van der Waals surface area contributed by atoms with Crippen molar-refractivity contribution in [2.75, 3.05) is 13.1 Å². The molecule has 0 aliphatic rings. The minimum Gasteiger partial charge on any atom is -0.409 e. The van der Waals surface area contributed by atoms with Crippen LogP contribution in [-0.4, -0.2) is 36.9 Å². The van der Waals surface area contributed by atoms with Crippen LogP contribution in [0.1, 0.15) is 6.92 Å². The lowest BCUT2D eigenvalue weighted by Crippen LogP contribution is -2.39. The highest BCUT2D eigenvalue weighted by molar-refractivity contribution is 7.89. The first-order valence-corrected chi connectivity index (χ1v) is 6.79. The van der Waals surface area contributed by atoms with E-state index in [0.717, 1.165) is 0 Å². The maximum atomic E-state index is 13.5. The average Bonchev–Trinajstić information content (AvgIpc) is 2.33. The standard InChI is InChI=1S/C10H12F3N3O3S/c1-2-16(5-9(14)15-17)20(18,19)10-7(12)3-6(11)4-8(10)13/h3-4,17H,2,5H2,1H3,(H2,14,15). The van der Waals surface area contributed by atoms with Gasteiger partial charge in [0.15, 0.2) is 10.7 Å². The molecular weight excluding hydrogens is 299 g/mol. The van der Waals surface area contributed by atoms with Gasteiger partial charge >= 0.3 is 0 Å². The summed E-state index contributed by atoms with van der Waals surface area (Å²) < 4.78 is 64.6. The van der Waals surface area contributed by atoms with E-state index in [9.17, 15) is 21.6 Å². The molecule has 0 saturated heterocycles. The van der Waals surface area contributed by atoms with Crippen LogP contribution in [0.15, 0.2) is 22.2 Å². The van der Waals surface area contributed by atoms with E-state index in [1.165, 1.54) is 6.92 Å². The van der Waals surface area contributed by atoms with Gasteiger partial charge in [-0.3, -0.25) is 0 Å². The van der Waals surface area contributed by atoms with Gasteiger partial charge in [-0.1, -0.05) is 12.1 Å². The molecule has 3 N–H and O–H groups in total. The van der Waals surface area contributed by atoms with Crippen LogP contribution in [0.3, 0.4) is 0 Å². The van der Waals surface area contributed by atoms with Crippen molar-refractivity contribution < 1.29 is 26.8 Å². The lowest BCUT2D eigenvalue weighted by molar-refractivity contribution is 0.315. The Hall–Kier alpha value is -1.81. The third-order valence-electron chi connectivity index (χ3n) is 2.38. The molecular formula is C10H12F3N3O3S. The Bertz CT molecular complexity index is 611. The Morgan fingerprint density at radius 1 is 1.35 bits per heavy atom. The number of nitrogens with two attached hydrogens (primary N) is 1. The van der Waals surface area contributed by atoms with Crippen LogP contribution in [0.5, 0.6) is 0 Å². The summed E-state index contributed by atoms with van der Waals surface area (Å²) in [6.07, 6.45) is 0. The first-order chi connectivity index (χ1) is 9.23. The Balaban J connectivity index is 3.35. The zero-order chi connectivity index (χ0) is 15.5. The summed E-state index contributed by atoms with van der Waals surface area (Å²) in [4.78, 5) is -1.29. The van der Waals surface area contributed by atoms with Crippen molar-refractivity contribution in [3.8, 4) is 0 Å². The highest BCUT2D eigenvalue weighted by Crippen LogP contribution is 2.23. The molecule has 0 fully saturated rings. The van der Waals surface area contributed by atoms with Crippen LogP contribution < -0.4 is 5.73 Å². The van der Waals surface area contributed by atoms with Crippen LogP contribution in [0.4, 0.5) is 13.2 Å². The minimum atomic E-state index is -4.59. The second-order valence-electron chi connectivity index (χ2n) is 3.72. The van der Waals surface area contributed by atoms with Gasteiger partial charge in [0.1, 0.15) is 17.5 Å². The van der Waals surface area contributed by atoms with Gasteiger partial charge in [-0.25, -0.2) is 21.6 Å². The van der Waals surface area contributed by atoms with Gasteiger partial charge in [0, 0.05) is 18.7 Å². The van der Waals surface area contributed by atoms with Crippen molar-refractivity contribution in [3.63, 3.8) is 0 Å². The molecule has 0 atom stereocenters. The first kappa shape index (κ1) is 16.2. The van der Waals surface area contributed by atoms with Crippen LogP contribution in [0.25, 0.3) is 0 Å². The number of likely N-dealkylation sites (N-methyl/N-ethyl adjacent to an activating group) is 1. The lowest BCUT2D eigenvalue weighted by atomic mass is 10.3. The smallest absolute Gasteiger partial charge is 0.249 e. The normalized spacial score (nSPS) is 12.9. The Morgan fingerprint density at radius 2 is 1.85 bits per heavy atom. The van der Waals surface area contributed by atoms with Crippen LogP contribution in [0.2, 0.25) is 0 Å². The van der Waals surface area contributed by atoms with Crippen molar-refractivity contribution in [2.24, 2.45) is 10.9 Å². The summed E-state index contributed by atoms with van der Waals surface area (Å²) in [5, 5.41) is 11.0. The van der Waals surface area contributed by atoms with Crippen molar-refractivity contribution in [2.45, 2.75) is 11.8 Å². The quantitative estimate of drug-likeness (QED) is 0.365. The van der Waals surface area contributed by atoms with E-state index in [1.807, 2.05) is 0 Å². The molecule has 0 bridgehead atoms. The average molecular weight is 311 g/mol. The van der Waals surface area contributed by atoms with E-state index in [2.05, 4.69) is 5.16 Å². The fraction of sp³-hybridized carbons (Fsp3) is 0.300. The maximum absolute atomic E-state index is 13.5. The number of nitrogens with zero attached hydrogens (tertiary/aromatic N) is 2. The minimum absolute atomic E-state index is 0.186.